The Labute approximate surface area is 53.3 Å². The highest BCUT2D eigenvalue weighted by molar-refractivity contribution is 8.13. The van der Waals surface area contributed by atoms with Gasteiger partial charge < -0.3 is 4.84 Å². The molecule has 2 nitrogen and oxygen atoms in total. The van der Waals surface area contributed by atoms with Gasteiger partial charge in [0, 0.05) is 6.42 Å². The van der Waals surface area contributed by atoms with Crippen LogP contribution in [-0.2, 0) is 4.84 Å². The molecule has 1 heterocycles. The Morgan fingerprint density at radius 3 is 3.25 bits per heavy atom. The van der Waals surface area contributed by atoms with Gasteiger partial charge in [0.15, 0.2) is 0 Å². The average molecular weight is 131 g/mol. The van der Waals surface area contributed by atoms with Gasteiger partial charge in [0.1, 0.15) is 11.7 Å². The molecule has 0 amide bonds. The molecule has 1 aliphatic heterocycles. The Morgan fingerprint density at radius 2 is 2.75 bits per heavy atom. The normalized spacial score (nSPS) is 17.9. The maximum atomic E-state index is 4.78. The van der Waals surface area contributed by atoms with Crippen molar-refractivity contribution in [3.63, 3.8) is 0 Å². The van der Waals surface area contributed by atoms with Gasteiger partial charge in [-0.3, -0.25) is 0 Å². The lowest BCUT2D eigenvalue weighted by Gasteiger charge is -1.87. The van der Waals surface area contributed by atoms with Crippen LogP contribution in [0.25, 0.3) is 0 Å². The van der Waals surface area contributed by atoms with Crippen LogP contribution < -0.4 is 0 Å². The lowest BCUT2D eigenvalue weighted by Crippen LogP contribution is -1.86. The van der Waals surface area contributed by atoms with Crippen LogP contribution in [-0.4, -0.2) is 17.4 Å². The first kappa shape index (κ1) is 5.95. The zero-order valence-corrected chi connectivity index (χ0v) is 5.70. The molecule has 0 saturated heterocycles. The van der Waals surface area contributed by atoms with Crippen molar-refractivity contribution in [1.29, 1.82) is 0 Å². The first-order valence-electron chi connectivity index (χ1n) is 2.75. The van der Waals surface area contributed by atoms with E-state index in [0.717, 1.165) is 23.8 Å². The zero-order valence-electron chi connectivity index (χ0n) is 4.89. The van der Waals surface area contributed by atoms with Crippen molar-refractivity contribution < 1.29 is 4.84 Å². The van der Waals surface area contributed by atoms with Gasteiger partial charge in [-0.05, 0) is 5.75 Å². The van der Waals surface area contributed by atoms with Crippen molar-refractivity contribution in [1.82, 2.24) is 0 Å². The third-order valence-corrected chi connectivity index (χ3v) is 1.79. The topological polar surface area (TPSA) is 21.6 Å². The van der Waals surface area contributed by atoms with E-state index in [2.05, 4.69) is 12.1 Å². The number of hydrogen-bond donors (Lipinski definition) is 0. The number of hydrogen-bond acceptors (Lipinski definition) is 3. The molecule has 1 rings (SSSR count). The SMILES string of the molecule is CCSC1=NOCC1. The maximum absolute atomic E-state index is 4.78. The minimum absolute atomic E-state index is 0.780. The van der Waals surface area contributed by atoms with Crippen LogP contribution in [0.15, 0.2) is 5.16 Å². The average Bonchev–Trinajstić information content (AvgIpc) is 2.19. The van der Waals surface area contributed by atoms with Crippen LogP contribution in [0, 0.1) is 0 Å². The summed E-state index contributed by atoms with van der Waals surface area (Å²) in [4.78, 5) is 4.78. The Bertz CT molecular complexity index is 103. The first-order chi connectivity index (χ1) is 3.93. The molecule has 0 N–H and O–H groups in total. The number of rotatable bonds is 1. The summed E-state index contributed by atoms with van der Waals surface area (Å²) in [5, 5.41) is 4.95. The van der Waals surface area contributed by atoms with Crippen molar-refractivity contribution in [2.24, 2.45) is 5.16 Å². The van der Waals surface area contributed by atoms with E-state index in [4.69, 9.17) is 4.84 Å². The number of oxime groups is 1. The van der Waals surface area contributed by atoms with Crippen LogP contribution in [0.3, 0.4) is 0 Å². The third-order valence-electron chi connectivity index (χ3n) is 0.885. The zero-order chi connectivity index (χ0) is 5.82. The summed E-state index contributed by atoms with van der Waals surface area (Å²) in [6.07, 6.45) is 1.01. The summed E-state index contributed by atoms with van der Waals surface area (Å²) in [5.74, 6) is 1.10. The van der Waals surface area contributed by atoms with Gasteiger partial charge in [-0.2, -0.15) is 0 Å². The minimum atomic E-state index is 0.780. The van der Waals surface area contributed by atoms with Crippen LogP contribution in [0.5, 0.6) is 0 Å². The molecule has 0 aromatic carbocycles. The summed E-state index contributed by atoms with van der Waals surface area (Å²) < 4.78 is 0. The lowest BCUT2D eigenvalue weighted by molar-refractivity contribution is 0.174. The molecule has 0 aromatic rings. The quantitative estimate of drug-likeness (QED) is 0.537. The van der Waals surface area contributed by atoms with Gasteiger partial charge in [-0.1, -0.05) is 12.1 Å². The van der Waals surface area contributed by atoms with E-state index in [1.165, 1.54) is 0 Å². The maximum Gasteiger partial charge on any atom is 0.123 e. The minimum Gasteiger partial charge on any atom is -0.395 e. The molecule has 8 heavy (non-hydrogen) atoms. The van der Waals surface area contributed by atoms with Gasteiger partial charge >= 0.3 is 0 Å². The highest BCUT2D eigenvalue weighted by Crippen LogP contribution is 2.12. The molecule has 1 aliphatic rings. The van der Waals surface area contributed by atoms with Gasteiger partial charge in [-0.25, -0.2) is 0 Å². The summed E-state index contributed by atoms with van der Waals surface area (Å²) in [5.41, 5.74) is 0. The molecule has 46 valence electrons. The van der Waals surface area contributed by atoms with E-state index in [1.54, 1.807) is 11.8 Å². The molecule has 0 spiro atoms. The monoisotopic (exact) mass is 131 g/mol. The Hall–Kier alpha value is -0.180. The molecule has 0 aliphatic carbocycles. The van der Waals surface area contributed by atoms with Crippen LogP contribution in [0.4, 0.5) is 0 Å². The fourth-order valence-corrected chi connectivity index (χ4v) is 1.23. The molecule has 0 bridgehead atoms. The van der Waals surface area contributed by atoms with Crippen LogP contribution in [0.1, 0.15) is 13.3 Å². The van der Waals surface area contributed by atoms with E-state index in [1.807, 2.05) is 0 Å². The van der Waals surface area contributed by atoms with Gasteiger partial charge in [-0.15, -0.1) is 11.8 Å². The summed E-state index contributed by atoms with van der Waals surface area (Å²) in [6.45, 7) is 2.90. The van der Waals surface area contributed by atoms with E-state index < -0.39 is 0 Å². The predicted octanol–water partition coefficient (Wildman–Crippen LogP) is 1.47. The Morgan fingerprint density at radius 1 is 1.88 bits per heavy atom. The second-order valence-corrected chi connectivity index (χ2v) is 2.84. The second-order valence-electron chi connectivity index (χ2n) is 1.50. The molecule has 3 heteroatoms. The summed E-state index contributed by atoms with van der Waals surface area (Å²) >= 11 is 1.76. The van der Waals surface area contributed by atoms with Crippen LogP contribution in [0.2, 0.25) is 0 Å². The molecule has 0 atom stereocenters. The van der Waals surface area contributed by atoms with Crippen LogP contribution >= 0.6 is 11.8 Å². The van der Waals surface area contributed by atoms with E-state index in [0.29, 0.717) is 0 Å². The Balaban J connectivity index is 2.23. The van der Waals surface area contributed by atoms with Crippen molar-refractivity contribution in [3.8, 4) is 0 Å². The fourth-order valence-electron chi connectivity index (χ4n) is 0.561. The molecule has 0 saturated carbocycles. The van der Waals surface area contributed by atoms with E-state index in [9.17, 15) is 0 Å². The van der Waals surface area contributed by atoms with Crippen molar-refractivity contribution in [2.75, 3.05) is 12.4 Å². The number of thioether (sulfide) groups is 1. The van der Waals surface area contributed by atoms with E-state index >= 15 is 0 Å². The van der Waals surface area contributed by atoms with Crippen molar-refractivity contribution in [3.05, 3.63) is 0 Å². The molecular weight excluding hydrogens is 122 g/mol. The van der Waals surface area contributed by atoms with Crippen molar-refractivity contribution >= 4 is 16.8 Å². The van der Waals surface area contributed by atoms with Gasteiger partial charge in [0.2, 0.25) is 0 Å². The Kier molecular flexibility index (Phi) is 2.21. The van der Waals surface area contributed by atoms with Gasteiger partial charge in [0.05, 0.1) is 0 Å². The molecule has 0 fully saturated rings. The molecule has 0 unspecified atom stereocenters. The lowest BCUT2D eigenvalue weighted by atomic mass is 10.5. The summed E-state index contributed by atoms with van der Waals surface area (Å²) in [7, 11) is 0. The van der Waals surface area contributed by atoms with Gasteiger partial charge in [0.25, 0.3) is 0 Å². The predicted molar refractivity (Wildman–Crippen MR) is 36.1 cm³/mol. The number of nitrogens with zero attached hydrogens (tertiary/aromatic N) is 1. The van der Waals surface area contributed by atoms with Crippen molar-refractivity contribution in [2.45, 2.75) is 13.3 Å². The molecule has 0 radical (unpaired) electrons. The fraction of sp³-hybridized carbons (Fsp3) is 0.800. The standard InChI is InChI=1S/C5H9NOS/c1-2-8-5-3-4-7-6-5/h2-4H2,1H3. The smallest absolute Gasteiger partial charge is 0.123 e. The third kappa shape index (κ3) is 1.40. The molecular formula is C5H9NOS. The van der Waals surface area contributed by atoms with E-state index in [-0.39, 0.29) is 0 Å². The summed E-state index contributed by atoms with van der Waals surface area (Å²) in [6, 6.07) is 0. The highest BCUT2D eigenvalue weighted by Gasteiger charge is 2.05. The highest BCUT2D eigenvalue weighted by atomic mass is 32.2. The first-order valence-corrected chi connectivity index (χ1v) is 3.73. The molecule has 0 aromatic heterocycles. The largest absolute Gasteiger partial charge is 0.395 e. The second kappa shape index (κ2) is 2.97.